The fourth-order valence-corrected chi connectivity index (χ4v) is 5.22. The normalized spacial score (nSPS) is 14.6. The van der Waals surface area contributed by atoms with Crippen LogP contribution in [-0.2, 0) is 10.0 Å². The van der Waals surface area contributed by atoms with Crippen molar-refractivity contribution in [1.82, 2.24) is 4.57 Å². The van der Waals surface area contributed by atoms with E-state index in [9.17, 15) is 8.42 Å². The van der Waals surface area contributed by atoms with Crippen molar-refractivity contribution in [3.8, 4) is 17.0 Å². The minimum absolute atomic E-state index is 0.111. The lowest BCUT2D eigenvalue weighted by Crippen LogP contribution is -2.18. The SMILES string of the molecule is CCCS(=O)(=O)Nc1ccc(-c2c(N)c3cc(OCC)ccc3n2C2CCC2)cc1. The summed E-state index contributed by atoms with van der Waals surface area (Å²) in [5.41, 5.74) is 11.0. The summed E-state index contributed by atoms with van der Waals surface area (Å²) in [7, 11) is -3.31. The van der Waals surface area contributed by atoms with Crippen LogP contribution in [0.15, 0.2) is 42.5 Å². The molecule has 0 amide bonds. The third kappa shape index (κ3) is 3.86. The van der Waals surface area contributed by atoms with Crippen LogP contribution in [0.3, 0.4) is 0 Å². The van der Waals surface area contributed by atoms with E-state index in [1.165, 1.54) is 6.42 Å². The molecule has 1 aliphatic rings. The predicted octanol–water partition coefficient (Wildman–Crippen LogP) is 5.17. The van der Waals surface area contributed by atoms with Crippen LogP contribution in [0, 0.1) is 0 Å². The Morgan fingerprint density at radius 2 is 1.87 bits per heavy atom. The van der Waals surface area contributed by atoms with E-state index in [2.05, 4.69) is 15.4 Å². The zero-order valence-corrected chi connectivity index (χ0v) is 18.3. The first-order valence-corrected chi connectivity index (χ1v) is 12.3. The lowest BCUT2D eigenvalue weighted by molar-refractivity contribution is 0.324. The Balaban J connectivity index is 1.77. The van der Waals surface area contributed by atoms with Crippen molar-refractivity contribution in [2.45, 2.75) is 45.6 Å². The second-order valence-electron chi connectivity index (χ2n) is 7.83. The Kier molecular flexibility index (Phi) is 5.64. The lowest BCUT2D eigenvalue weighted by Gasteiger charge is -2.30. The molecule has 4 rings (SSSR count). The number of benzene rings is 2. The van der Waals surface area contributed by atoms with Crippen LogP contribution in [0.4, 0.5) is 11.4 Å². The van der Waals surface area contributed by atoms with Gasteiger partial charge in [-0.3, -0.25) is 4.72 Å². The zero-order valence-electron chi connectivity index (χ0n) is 17.5. The van der Waals surface area contributed by atoms with Gasteiger partial charge in [0.2, 0.25) is 10.0 Å². The van der Waals surface area contributed by atoms with Gasteiger partial charge in [-0.15, -0.1) is 0 Å². The van der Waals surface area contributed by atoms with E-state index in [-0.39, 0.29) is 5.75 Å². The molecule has 0 unspecified atom stereocenters. The molecule has 0 saturated heterocycles. The summed E-state index contributed by atoms with van der Waals surface area (Å²) in [5.74, 6) is 0.925. The van der Waals surface area contributed by atoms with Gasteiger partial charge in [0.1, 0.15) is 5.75 Å². The molecule has 0 radical (unpaired) electrons. The molecule has 3 aromatic rings. The number of nitrogen functional groups attached to an aromatic ring is 1. The average Bonchev–Trinajstić information content (AvgIpc) is 2.93. The number of sulfonamides is 1. The average molecular weight is 428 g/mol. The molecular weight excluding hydrogens is 398 g/mol. The topological polar surface area (TPSA) is 86.3 Å². The maximum Gasteiger partial charge on any atom is 0.232 e. The van der Waals surface area contributed by atoms with Crippen molar-refractivity contribution in [3.63, 3.8) is 0 Å². The number of fused-ring (bicyclic) bond motifs is 1. The smallest absolute Gasteiger partial charge is 0.232 e. The summed E-state index contributed by atoms with van der Waals surface area (Å²) in [5, 5.41) is 0.996. The molecule has 1 aromatic heterocycles. The van der Waals surface area contributed by atoms with Gasteiger partial charge in [-0.05, 0) is 62.9 Å². The molecule has 7 heteroatoms. The van der Waals surface area contributed by atoms with Gasteiger partial charge in [0.25, 0.3) is 0 Å². The third-order valence-corrected chi connectivity index (χ3v) is 7.16. The highest BCUT2D eigenvalue weighted by Gasteiger charge is 2.27. The van der Waals surface area contributed by atoms with E-state index in [1.54, 1.807) is 12.1 Å². The van der Waals surface area contributed by atoms with Crippen LogP contribution in [0.1, 0.15) is 45.6 Å². The minimum atomic E-state index is -3.31. The largest absolute Gasteiger partial charge is 0.494 e. The number of nitrogens with one attached hydrogen (secondary N) is 1. The summed E-state index contributed by atoms with van der Waals surface area (Å²) >= 11 is 0. The third-order valence-electron chi connectivity index (χ3n) is 5.67. The van der Waals surface area contributed by atoms with E-state index < -0.39 is 10.0 Å². The molecule has 30 heavy (non-hydrogen) atoms. The molecule has 0 bridgehead atoms. The number of hydrogen-bond donors (Lipinski definition) is 2. The number of anilines is 2. The van der Waals surface area contributed by atoms with Crippen molar-refractivity contribution < 1.29 is 13.2 Å². The molecule has 1 aliphatic carbocycles. The molecule has 160 valence electrons. The summed E-state index contributed by atoms with van der Waals surface area (Å²) in [6.45, 7) is 4.42. The van der Waals surface area contributed by atoms with Crippen molar-refractivity contribution in [1.29, 1.82) is 0 Å². The van der Waals surface area contributed by atoms with Crippen LogP contribution in [0.25, 0.3) is 22.2 Å². The molecular formula is C23H29N3O3S. The lowest BCUT2D eigenvalue weighted by atomic mass is 9.92. The minimum Gasteiger partial charge on any atom is -0.494 e. The highest BCUT2D eigenvalue weighted by molar-refractivity contribution is 7.92. The van der Waals surface area contributed by atoms with Gasteiger partial charge in [-0.1, -0.05) is 19.1 Å². The summed E-state index contributed by atoms with van der Waals surface area (Å²) < 4.78 is 34.8. The van der Waals surface area contributed by atoms with E-state index in [1.807, 2.05) is 38.1 Å². The first-order valence-electron chi connectivity index (χ1n) is 10.6. The first-order chi connectivity index (χ1) is 14.4. The number of hydrogen-bond acceptors (Lipinski definition) is 4. The van der Waals surface area contributed by atoms with Gasteiger partial charge in [0.05, 0.1) is 29.3 Å². The van der Waals surface area contributed by atoms with Gasteiger partial charge in [-0.2, -0.15) is 0 Å². The van der Waals surface area contributed by atoms with Crippen LogP contribution < -0.4 is 15.2 Å². The van der Waals surface area contributed by atoms with Crippen LogP contribution in [0.5, 0.6) is 5.75 Å². The maximum atomic E-state index is 12.1. The molecule has 2 aromatic carbocycles. The first kappa shape index (κ1) is 20.6. The number of aromatic nitrogens is 1. The Bertz CT molecular complexity index is 1150. The molecule has 6 nitrogen and oxygen atoms in total. The standard InChI is InChI=1S/C23H29N3O3S/c1-3-14-30(27,28)25-17-10-8-16(9-11-17)23-22(24)20-15-19(29-4-2)12-13-21(20)26(23)18-6-5-7-18/h8-13,15,18,25H,3-7,14,24H2,1-2H3. The van der Waals surface area contributed by atoms with Gasteiger partial charge in [0.15, 0.2) is 0 Å². The maximum absolute atomic E-state index is 12.1. The van der Waals surface area contributed by atoms with Crippen molar-refractivity contribution in [2.75, 3.05) is 22.8 Å². The number of nitrogens with zero attached hydrogens (tertiary/aromatic N) is 1. The molecule has 0 spiro atoms. The van der Waals surface area contributed by atoms with Crippen LogP contribution >= 0.6 is 0 Å². The molecule has 1 heterocycles. The Labute approximate surface area is 178 Å². The molecule has 0 aliphatic heterocycles. The number of ether oxygens (including phenoxy) is 1. The zero-order chi connectivity index (χ0) is 21.3. The Morgan fingerprint density at radius 1 is 1.13 bits per heavy atom. The molecule has 1 fully saturated rings. The molecule has 1 saturated carbocycles. The fourth-order valence-electron chi connectivity index (χ4n) is 4.09. The van der Waals surface area contributed by atoms with E-state index >= 15 is 0 Å². The second-order valence-corrected chi connectivity index (χ2v) is 9.67. The van der Waals surface area contributed by atoms with Crippen molar-refractivity contribution >= 4 is 32.3 Å². The van der Waals surface area contributed by atoms with Crippen molar-refractivity contribution in [3.05, 3.63) is 42.5 Å². The van der Waals surface area contributed by atoms with Crippen LogP contribution in [-0.4, -0.2) is 25.3 Å². The Hall–Kier alpha value is -2.67. The predicted molar refractivity (Wildman–Crippen MR) is 124 cm³/mol. The number of nitrogens with two attached hydrogens (primary N) is 1. The summed E-state index contributed by atoms with van der Waals surface area (Å²) in [6, 6.07) is 14.0. The van der Waals surface area contributed by atoms with E-state index in [0.717, 1.165) is 46.4 Å². The molecule has 3 N–H and O–H groups in total. The van der Waals surface area contributed by atoms with Gasteiger partial charge in [0, 0.05) is 22.7 Å². The second kappa shape index (κ2) is 8.22. The van der Waals surface area contributed by atoms with Gasteiger partial charge < -0.3 is 15.0 Å². The quantitative estimate of drug-likeness (QED) is 0.519. The van der Waals surface area contributed by atoms with Crippen molar-refractivity contribution in [2.24, 2.45) is 0 Å². The van der Waals surface area contributed by atoms with Gasteiger partial charge >= 0.3 is 0 Å². The monoisotopic (exact) mass is 427 g/mol. The summed E-state index contributed by atoms with van der Waals surface area (Å²) in [6.07, 6.45) is 4.07. The fraction of sp³-hybridized carbons (Fsp3) is 0.391. The number of rotatable bonds is 8. The summed E-state index contributed by atoms with van der Waals surface area (Å²) in [4.78, 5) is 0. The van der Waals surface area contributed by atoms with E-state index in [0.29, 0.717) is 24.8 Å². The van der Waals surface area contributed by atoms with E-state index in [4.69, 9.17) is 10.5 Å². The molecule has 0 atom stereocenters. The van der Waals surface area contributed by atoms with Gasteiger partial charge in [-0.25, -0.2) is 8.42 Å². The highest BCUT2D eigenvalue weighted by Crippen LogP contribution is 2.44. The Morgan fingerprint density at radius 3 is 2.47 bits per heavy atom. The van der Waals surface area contributed by atoms with Crippen LogP contribution in [0.2, 0.25) is 0 Å². The highest BCUT2D eigenvalue weighted by atomic mass is 32.2.